The molecule has 1 aliphatic heterocycles. The van der Waals surface area contributed by atoms with Crippen LogP contribution >= 0.6 is 23.5 Å². The van der Waals surface area contributed by atoms with Crippen LogP contribution in [-0.2, 0) is 0 Å². The van der Waals surface area contributed by atoms with Crippen molar-refractivity contribution in [1.29, 1.82) is 0 Å². The molecule has 0 spiro atoms. The summed E-state index contributed by atoms with van der Waals surface area (Å²) in [5.74, 6) is 1.05. The molecule has 4 atom stereocenters. The normalized spacial score (nSPS) is 31.2. The average Bonchev–Trinajstić information content (AvgIpc) is 2.32. The lowest BCUT2D eigenvalue weighted by Gasteiger charge is -2.34. The van der Waals surface area contributed by atoms with Gasteiger partial charge in [0.15, 0.2) is 0 Å². The highest BCUT2D eigenvalue weighted by molar-refractivity contribution is 8.07. The van der Waals surface area contributed by atoms with Gasteiger partial charge in [0.2, 0.25) is 0 Å². The molecule has 0 radical (unpaired) electrons. The van der Waals surface area contributed by atoms with Gasteiger partial charge < -0.3 is 5.11 Å². The van der Waals surface area contributed by atoms with Crippen LogP contribution in [0.15, 0.2) is 24.3 Å². The van der Waals surface area contributed by atoms with Gasteiger partial charge in [-0.3, -0.25) is 0 Å². The Morgan fingerprint density at radius 3 is 2.59 bits per heavy atom. The molecule has 1 aromatic carbocycles. The van der Waals surface area contributed by atoms with Gasteiger partial charge in [0.1, 0.15) is 0 Å². The number of aliphatic hydroxyl groups excluding tert-OH is 1. The largest absolute Gasteiger partial charge is 0.387 e. The summed E-state index contributed by atoms with van der Waals surface area (Å²) in [5, 5.41) is 12.1. The topological polar surface area (TPSA) is 20.2 Å². The first-order valence-electron chi connectivity index (χ1n) is 6.10. The van der Waals surface area contributed by atoms with Crippen molar-refractivity contribution < 1.29 is 5.11 Å². The molecule has 0 bridgehead atoms. The molecule has 3 heteroatoms. The highest BCUT2D eigenvalue weighted by atomic mass is 32.2. The van der Waals surface area contributed by atoms with Crippen molar-refractivity contribution in [3.63, 3.8) is 0 Å². The van der Waals surface area contributed by atoms with Crippen molar-refractivity contribution in [1.82, 2.24) is 0 Å². The van der Waals surface area contributed by atoms with E-state index in [1.165, 1.54) is 5.56 Å². The van der Waals surface area contributed by atoms with Crippen molar-refractivity contribution in [2.45, 2.75) is 42.6 Å². The van der Waals surface area contributed by atoms with E-state index in [1.54, 1.807) is 0 Å². The lowest BCUT2D eigenvalue weighted by atomic mass is 10.0. The van der Waals surface area contributed by atoms with Gasteiger partial charge in [-0.15, -0.1) is 0 Å². The van der Waals surface area contributed by atoms with Crippen molar-refractivity contribution in [2.75, 3.05) is 5.75 Å². The summed E-state index contributed by atoms with van der Waals surface area (Å²) < 4.78 is 0. The van der Waals surface area contributed by atoms with Crippen molar-refractivity contribution in [2.24, 2.45) is 0 Å². The number of rotatable bonds is 2. The first-order chi connectivity index (χ1) is 8.09. The highest BCUT2D eigenvalue weighted by Gasteiger charge is 2.31. The number of benzene rings is 1. The number of hydrogen-bond acceptors (Lipinski definition) is 3. The van der Waals surface area contributed by atoms with E-state index in [2.05, 4.69) is 26.8 Å². The Kier molecular flexibility index (Phi) is 4.45. The molecule has 1 nitrogen and oxygen atoms in total. The van der Waals surface area contributed by atoms with Crippen LogP contribution in [0, 0.1) is 6.92 Å². The Morgan fingerprint density at radius 2 is 1.94 bits per heavy atom. The van der Waals surface area contributed by atoms with Crippen molar-refractivity contribution >= 4 is 23.5 Å². The van der Waals surface area contributed by atoms with Crippen LogP contribution in [0.25, 0.3) is 0 Å². The molecular weight excluding hydrogens is 248 g/mol. The van der Waals surface area contributed by atoms with Crippen molar-refractivity contribution in [3.8, 4) is 0 Å². The molecule has 94 valence electrons. The van der Waals surface area contributed by atoms with Gasteiger partial charge in [0, 0.05) is 21.5 Å². The molecule has 2 rings (SSSR count). The number of aliphatic hydroxyl groups is 1. The summed E-state index contributed by atoms with van der Waals surface area (Å²) in [6, 6.07) is 8.16. The molecule has 0 saturated carbocycles. The van der Waals surface area contributed by atoms with Crippen molar-refractivity contribution in [3.05, 3.63) is 35.4 Å². The Morgan fingerprint density at radius 1 is 1.24 bits per heavy atom. The number of hydrogen-bond donors (Lipinski definition) is 1. The van der Waals surface area contributed by atoms with Gasteiger partial charge in [-0.2, -0.15) is 23.5 Å². The fraction of sp³-hybridized carbons (Fsp3) is 0.571. The third-order valence-corrected chi connectivity index (χ3v) is 6.91. The second-order valence-corrected chi connectivity index (χ2v) is 7.75. The van der Waals surface area contributed by atoms with Gasteiger partial charge >= 0.3 is 0 Å². The van der Waals surface area contributed by atoms with Crippen LogP contribution in [0.5, 0.6) is 0 Å². The monoisotopic (exact) mass is 268 g/mol. The fourth-order valence-electron chi connectivity index (χ4n) is 2.09. The summed E-state index contributed by atoms with van der Waals surface area (Å²) in [6.45, 7) is 6.61. The van der Waals surface area contributed by atoms with Crippen LogP contribution in [0.2, 0.25) is 0 Å². The number of aryl methyl sites for hydroxylation is 1. The number of thioether (sulfide) groups is 2. The summed E-state index contributed by atoms with van der Waals surface area (Å²) >= 11 is 3.92. The minimum absolute atomic E-state index is 0.326. The molecule has 1 aromatic rings. The summed E-state index contributed by atoms with van der Waals surface area (Å²) in [6.07, 6.45) is -0.330. The second-order valence-electron chi connectivity index (χ2n) is 4.72. The minimum Gasteiger partial charge on any atom is -0.387 e. The Hall–Kier alpha value is -0.120. The first-order valence-corrected chi connectivity index (χ1v) is 8.09. The zero-order chi connectivity index (χ0) is 12.4. The van der Waals surface area contributed by atoms with Gasteiger partial charge in [-0.25, -0.2) is 0 Å². The van der Waals surface area contributed by atoms with E-state index in [1.807, 2.05) is 41.7 Å². The lowest BCUT2D eigenvalue weighted by molar-refractivity contribution is 0.179. The zero-order valence-electron chi connectivity index (χ0n) is 10.6. The molecule has 4 unspecified atom stereocenters. The Bertz CT molecular complexity index is 380. The molecule has 1 fully saturated rings. The first kappa shape index (κ1) is 13.3. The third kappa shape index (κ3) is 3.01. The van der Waals surface area contributed by atoms with E-state index < -0.39 is 0 Å². The van der Waals surface area contributed by atoms with Crippen LogP contribution in [-0.4, -0.2) is 26.6 Å². The van der Waals surface area contributed by atoms with E-state index in [-0.39, 0.29) is 6.10 Å². The van der Waals surface area contributed by atoms with E-state index in [0.717, 1.165) is 11.3 Å². The van der Waals surface area contributed by atoms with Crippen LogP contribution < -0.4 is 0 Å². The Labute approximate surface area is 112 Å². The Balaban J connectivity index is 2.10. The smallest absolute Gasteiger partial charge is 0.0919 e. The van der Waals surface area contributed by atoms with Crippen LogP contribution in [0.1, 0.15) is 31.1 Å². The minimum atomic E-state index is -0.330. The molecule has 1 saturated heterocycles. The van der Waals surface area contributed by atoms with E-state index >= 15 is 0 Å². The summed E-state index contributed by atoms with van der Waals surface area (Å²) in [5.41, 5.74) is 2.28. The quantitative estimate of drug-likeness (QED) is 0.884. The van der Waals surface area contributed by atoms with Gasteiger partial charge in [0.05, 0.1) is 6.10 Å². The molecule has 0 amide bonds. The average molecular weight is 268 g/mol. The van der Waals surface area contributed by atoms with E-state index in [0.29, 0.717) is 15.7 Å². The lowest BCUT2D eigenvalue weighted by Crippen LogP contribution is -2.30. The molecule has 17 heavy (non-hydrogen) atoms. The predicted molar refractivity (Wildman–Crippen MR) is 78.9 cm³/mol. The summed E-state index contributed by atoms with van der Waals surface area (Å²) in [7, 11) is 0. The standard InChI is InChI=1S/C14H20OS2/c1-9-6-4-5-7-12(9)14(15)13-8-16-10(2)11(3)17-13/h4-7,10-11,13-15H,8H2,1-3H3. The molecule has 0 aromatic heterocycles. The molecule has 0 aliphatic carbocycles. The maximum atomic E-state index is 10.5. The van der Waals surface area contributed by atoms with Crippen LogP contribution in [0.3, 0.4) is 0 Å². The van der Waals surface area contributed by atoms with Gasteiger partial charge in [-0.1, -0.05) is 38.1 Å². The summed E-state index contributed by atoms with van der Waals surface area (Å²) in [4.78, 5) is 0. The maximum Gasteiger partial charge on any atom is 0.0919 e. The zero-order valence-corrected chi connectivity index (χ0v) is 12.2. The molecular formula is C14H20OS2. The molecule has 1 heterocycles. The SMILES string of the molecule is Cc1ccccc1C(O)C1CSC(C)C(C)S1. The van der Waals surface area contributed by atoms with Crippen LogP contribution in [0.4, 0.5) is 0 Å². The third-order valence-electron chi connectivity index (χ3n) is 3.43. The van der Waals surface area contributed by atoms with E-state index in [9.17, 15) is 5.11 Å². The molecule has 1 aliphatic rings. The maximum absolute atomic E-state index is 10.5. The highest BCUT2D eigenvalue weighted by Crippen LogP contribution is 2.41. The predicted octanol–water partition coefficient (Wildman–Crippen LogP) is 3.65. The fourth-order valence-corrected chi connectivity index (χ4v) is 5.09. The van der Waals surface area contributed by atoms with Gasteiger partial charge in [0.25, 0.3) is 0 Å². The van der Waals surface area contributed by atoms with Gasteiger partial charge in [-0.05, 0) is 18.1 Å². The molecule has 1 N–H and O–H groups in total. The second kappa shape index (κ2) is 5.68. The van der Waals surface area contributed by atoms with E-state index in [4.69, 9.17) is 0 Å².